The molecule has 4 nitrogen and oxygen atoms in total. The van der Waals surface area contributed by atoms with Gasteiger partial charge in [-0.15, -0.1) is 0 Å². The van der Waals surface area contributed by atoms with Crippen LogP contribution in [-0.2, 0) is 6.42 Å². The molecule has 0 unspecified atom stereocenters. The van der Waals surface area contributed by atoms with Crippen LogP contribution in [-0.4, -0.2) is 30.1 Å². The van der Waals surface area contributed by atoms with Gasteiger partial charge in [0.05, 0.1) is 0 Å². The van der Waals surface area contributed by atoms with E-state index in [2.05, 4.69) is 34.2 Å². The molecule has 1 fully saturated rings. The Balaban J connectivity index is 2.21. The van der Waals surface area contributed by atoms with E-state index in [1.807, 2.05) is 13.1 Å². The number of hydrogen-bond acceptors (Lipinski definition) is 4. The fourth-order valence-corrected chi connectivity index (χ4v) is 2.09. The smallest absolute Gasteiger partial charge is 0.134 e. The Labute approximate surface area is 103 Å². The third-order valence-corrected chi connectivity index (χ3v) is 3.47. The molecule has 1 aliphatic rings. The number of nitrogens with zero attached hydrogens (tertiary/aromatic N) is 3. The lowest BCUT2D eigenvalue weighted by Crippen LogP contribution is -2.37. The van der Waals surface area contributed by atoms with Crippen LogP contribution in [0, 0.1) is 0 Å². The molecule has 2 rings (SSSR count). The lowest BCUT2D eigenvalue weighted by Gasteiger charge is -2.35. The lowest BCUT2D eigenvalue weighted by atomic mass is 9.92. The quantitative estimate of drug-likeness (QED) is 0.849. The maximum atomic E-state index is 4.65. The Morgan fingerprint density at radius 1 is 1.41 bits per heavy atom. The van der Waals surface area contributed by atoms with Crippen molar-refractivity contribution in [2.45, 2.75) is 45.1 Å². The molecular formula is C13H22N4. The van der Waals surface area contributed by atoms with Gasteiger partial charge in [-0.05, 0) is 25.7 Å². The van der Waals surface area contributed by atoms with Crippen molar-refractivity contribution in [1.82, 2.24) is 9.97 Å². The largest absolute Gasteiger partial charge is 0.373 e. The van der Waals surface area contributed by atoms with Gasteiger partial charge in [-0.3, -0.25) is 0 Å². The van der Waals surface area contributed by atoms with Gasteiger partial charge in [0.25, 0.3) is 0 Å². The molecule has 0 aromatic carbocycles. The van der Waals surface area contributed by atoms with Crippen molar-refractivity contribution in [3.05, 3.63) is 11.9 Å². The first-order valence-electron chi connectivity index (χ1n) is 6.53. The van der Waals surface area contributed by atoms with Crippen LogP contribution < -0.4 is 10.2 Å². The molecule has 0 radical (unpaired) electrons. The van der Waals surface area contributed by atoms with Crippen molar-refractivity contribution in [3.63, 3.8) is 0 Å². The lowest BCUT2D eigenvalue weighted by molar-refractivity contribution is 0.399. The summed E-state index contributed by atoms with van der Waals surface area (Å²) in [7, 11) is 4.05. The second kappa shape index (κ2) is 5.34. The van der Waals surface area contributed by atoms with Crippen LogP contribution in [0.3, 0.4) is 0 Å². The van der Waals surface area contributed by atoms with Crippen LogP contribution in [0.2, 0.25) is 0 Å². The minimum Gasteiger partial charge on any atom is -0.373 e. The average molecular weight is 234 g/mol. The first kappa shape index (κ1) is 12.1. The van der Waals surface area contributed by atoms with Crippen LogP contribution in [0.15, 0.2) is 6.07 Å². The van der Waals surface area contributed by atoms with E-state index >= 15 is 0 Å². The van der Waals surface area contributed by atoms with Gasteiger partial charge < -0.3 is 10.2 Å². The fraction of sp³-hybridized carbons (Fsp3) is 0.692. The summed E-state index contributed by atoms with van der Waals surface area (Å²) >= 11 is 0. The van der Waals surface area contributed by atoms with E-state index in [0.29, 0.717) is 6.04 Å². The van der Waals surface area contributed by atoms with Gasteiger partial charge in [0.1, 0.15) is 17.5 Å². The summed E-state index contributed by atoms with van der Waals surface area (Å²) in [5.74, 6) is 2.92. The van der Waals surface area contributed by atoms with Crippen molar-refractivity contribution in [1.29, 1.82) is 0 Å². The van der Waals surface area contributed by atoms with E-state index in [4.69, 9.17) is 0 Å². The molecular weight excluding hydrogens is 212 g/mol. The Morgan fingerprint density at radius 3 is 2.71 bits per heavy atom. The van der Waals surface area contributed by atoms with Crippen molar-refractivity contribution >= 4 is 11.6 Å². The van der Waals surface area contributed by atoms with Gasteiger partial charge in [0, 0.05) is 32.6 Å². The number of nitrogens with one attached hydrogen (secondary N) is 1. The molecule has 0 atom stereocenters. The summed E-state index contributed by atoms with van der Waals surface area (Å²) in [6.45, 7) is 2.16. The third kappa shape index (κ3) is 2.68. The fourth-order valence-electron chi connectivity index (χ4n) is 2.09. The van der Waals surface area contributed by atoms with Crippen molar-refractivity contribution < 1.29 is 0 Å². The normalized spacial score (nSPS) is 15.5. The number of rotatable bonds is 5. The van der Waals surface area contributed by atoms with Gasteiger partial charge in [-0.25, -0.2) is 9.97 Å². The van der Waals surface area contributed by atoms with E-state index in [9.17, 15) is 0 Å². The predicted molar refractivity (Wildman–Crippen MR) is 71.6 cm³/mol. The molecule has 1 heterocycles. The highest BCUT2D eigenvalue weighted by atomic mass is 15.2. The standard InChI is InChI=1S/C13H22N4/c1-4-6-11-15-12(14-2)9-13(16-11)17(3)10-7-5-8-10/h9-10H,4-8H2,1-3H3,(H,14,15,16). The molecule has 0 bridgehead atoms. The van der Waals surface area contributed by atoms with Crippen LogP contribution in [0.4, 0.5) is 11.6 Å². The molecule has 1 saturated carbocycles. The Hall–Kier alpha value is -1.32. The zero-order valence-electron chi connectivity index (χ0n) is 11.0. The highest BCUT2D eigenvalue weighted by Crippen LogP contribution is 2.28. The average Bonchev–Trinajstić information content (AvgIpc) is 2.26. The van der Waals surface area contributed by atoms with Gasteiger partial charge in [-0.1, -0.05) is 6.92 Å². The maximum Gasteiger partial charge on any atom is 0.134 e. The minimum absolute atomic E-state index is 0.670. The molecule has 0 aliphatic heterocycles. The molecule has 1 aromatic rings. The van der Waals surface area contributed by atoms with E-state index in [1.54, 1.807) is 0 Å². The number of aryl methyl sites for hydroxylation is 1. The Bertz CT molecular complexity index is 374. The second-order valence-corrected chi connectivity index (χ2v) is 4.72. The Morgan fingerprint density at radius 2 is 2.18 bits per heavy atom. The summed E-state index contributed by atoms with van der Waals surface area (Å²) in [4.78, 5) is 11.4. The summed E-state index contributed by atoms with van der Waals surface area (Å²) in [5, 5.41) is 3.12. The predicted octanol–water partition coefficient (Wildman–Crippen LogP) is 2.46. The molecule has 0 amide bonds. The van der Waals surface area contributed by atoms with E-state index in [0.717, 1.165) is 30.3 Å². The molecule has 1 N–H and O–H groups in total. The number of hydrogen-bond donors (Lipinski definition) is 1. The van der Waals surface area contributed by atoms with Crippen LogP contribution in [0.5, 0.6) is 0 Å². The van der Waals surface area contributed by atoms with Crippen molar-refractivity contribution in [2.75, 3.05) is 24.3 Å². The topological polar surface area (TPSA) is 41.1 Å². The molecule has 1 aromatic heterocycles. The molecule has 94 valence electrons. The van der Waals surface area contributed by atoms with Crippen LogP contribution >= 0.6 is 0 Å². The molecule has 0 spiro atoms. The summed E-state index contributed by atoms with van der Waals surface area (Å²) < 4.78 is 0. The summed E-state index contributed by atoms with van der Waals surface area (Å²) in [6, 6.07) is 2.71. The number of anilines is 2. The second-order valence-electron chi connectivity index (χ2n) is 4.72. The highest BCUT2D eigenvalue weighted by Gasteiger charge is 2.23. The van der Waals surface area contributed by atoms with Gasteiger partial charge in [0.15, 0.2) is 0 Å². The number of aromatic nitrogens is 2. The van der Waals surface area contributed by atoms with Crippen LogP contribution in [0.25, 0.3) is 0 Å². The van der Waals surface area contributed by atoms with Gasteiger partial charge in [0.2, 0.25) is 0 Å². The molecule has 4 heteroatoms. The molecule has 0 saturated heterocycles. The van der Waals surface area contributed by atoms with E-state index in [1.165, 1.54) is 19.3 Å². The van der Waals surface area contributed by atoms with Gasteiger partial charge >= 0.3 is 0 Å². The SMILES string of the molecule is CCCc1nc(NC)cc(N(C)C2CCC2)n1. The molecule has 17 heavy (non-hydrogen) atoms. The van der Waals surface area contributed by atoms with Crippen molar-refractivity contribution in [3.8, 4) is 0 Å². The van der Waals surface area contributed by atoms with E-state index < -0.39 is 0 Å². The first-order chi connectivity index (χ1) is 8.24. The Kier molecular flexibility index (Phi) is 3.82. The summed E-state index contributed by atoms with van der Waals surface area (Å²) in [6.07, 6.45) is 5.96. The zero-order valence-corrected chi connectivity index (χ0v) is 11.0. The van der Waals surface area contributed by atoms with Crippen molar-refractivity contribution in [2.24, 2.45) is 0 Å². The zero-order chi connectivity index (χ0) is 12.3. The maximum absolute atomic E-state index is 4.65. The first-order valence-corrected chi connectivity index (χ1v) is 6.53. The monoisotopic (exact) mass is 234 g/mol. The minimum atomic E-state index is 0.670. The molecule has 1 aliphatic carbocycles. The van der Waals surface area contributed by atoms with Crippen LogP contribution in [0.1, 0.15) is 38.4 Å². The van der Waals surface area contributed by atoms with Gasteiger partial charge in [-0.2, -0.15) is 0 Å². The highest BCUT2D eigenvalue weighted by molar-refractivity contribution is 5.49. The van der Waals surface area contributed by atoms with E-state index in [-0.39, 0.29) is 0 Å². The summed E-state index contributed by atoms with van der Waals surface area (Å²) in [5.41, 5.74) is 0. The third-order valence-electron chi connectivity index (χ3n) is 3.47.